The number of hydrogen-bond donors (Lipinski definition) is 1. The Hall–Kier alpha value is -2.21. The number of carbonyl (C=O) groups is 2. The first-order valence-electron chi connectivity index (χ1n) is 6.61. The van der Waals surface area contributed by atoms with Crippen LogP contribution >= 0.6 is 11.3 Å². The molecule has 0 spiro atoms. The second-order valence-electron chi connectivity index (χ2n) is 4.99. The zero-order valence-corrected chi connectivity index (χ0v) is 12.3. The quantitative estimate of drug-likeness (QED) is 0.924. The van der Waals surface area contributed by atoms with Gasteiger partial charge in [-0.1, -0.05) is 12.1 Å². The van der Waals surface area contributed by atoms with Crippen LogP contribution in [-0.2, 0) is 13.0 Å². The van der Waals surface area contributed by atoms with Gasteiger partial charge in [-0.2, -0.15) is 0 Å². The highest BCUT2D eigenvalue weighted by molar-refractivity contribution is 7.11. The fraction of sp³-hybridized carbons (Fsp3) is 0.267. The number of carbonyl (C=O) groups excluding carboxylic acids is 1. The zero-order chi connectivity index (χ0) is 15.0. The molecule has 0 unspecified atom stereocenters. The minimum absolute atomic E-state index is 0.0687. The van der Waals surface area contributed by atoms with Crippen molar-refractivity contribution < 1.29 is 14.7 Å². The van der Waals surface area contributed by atoms with E-state index in [2.05, 4.69) is 4.98 Å². The molecular formula is C15H14N2O3S. The van der Waals surface area contributed by atoms with Crippen LogP contribution in [0.5, 0.6) is 0 Å². The molecule has 0 saturated carbocycles. The third-order valence-electron chi connectivity index (χ3n) is 3.73. The van der Waals surface area contributed by atoms with E-state index in [1.807, 2.05) is 13.0 Å². The predicted octanol–water partition coefficient (Wildman–Crippen LogP) is 2.35. The topological polar surface area (TPSA) is 70.5 Å². The Morgan fingerprint density at radius 3 is 2.86 bits per heavy atom. The maximum Gasteiger partial charge on any atom is 0.336 e. The molecule has 108 valence electrons. The molecule has 0 bridgehead atoms. The summed E-state index contributed by atoms with van der Waals surface area (Å²) in [6.07, 6.45) is 0.681. The van der Waals surface area contributed by atoms with Crippen molar-refractivity contribution in [2.45, 2.75) is 19.9 Å². The molecule has 0 radical (unpaired) electrons. The second-order valence-corrected chi connectivity index (χ2v) is 5.85. The minimum atomic E-state index is -0.949. The summed E-state index contributed by atoms with van der Waals surface area (Å²) in [6, 6.07) is 5.28. The lowest BCUT2D eigenvalue weighted by Gasteiger charge is -2.29. The summed E-state index contributed by atoms with van der Waals surface area (Å²) in [5.74, 6) is -1.02. The fourth-order valence-corrected chi connectivity index (χ4v) is 3.37. The van der Waals surface area contributed by atoms with E-state index in [1.54, 1.807) is 22.5 Å². The van der Waals surface area contributed by atoms with Crippen molar-refractivity contribution in [1.29, 1.82) is 0 Å². The van der Waals surface area contributed by atoms with Gasteiger partial charge in [0.1, 0.15) is 4.88 Å². The molecule has 2 heterocycles. The molecule has 1 N–H and O–H groups in total. The van der Waals surface area contributed by atoms with Crippen molar-refractivity contribution in [2.75, 3.05) is 6.54 Å². The first kappa shape index (κ1) is 13.8. The van der Waals surface area contributed by atoms with Crippen molar-refractivity contribution >= 4 is 23.2 Å². The van der Waals surface area contributed by atoms with E-state index in [0.717, 1.165) is 16.8 Å². The molecule has 3 rings (SSSR count). The highest BCUT2D eigenvalue weighted by Gasteiger charge is 2.26. The van der Waals surface area contributed by atoms with Gasteiger partial charge in [-0.3, -0.25) is 4.79 Å². The molecular weight excluding hydrogens is 288 g/mol. The number of hydrogen-bond acceptors (Lipinski definition) is 4. The third kappa shape index (κ3) is 2.42. The number of rotatable bonds is 2. The number of aryl methyl sites for hydroxylation is 1. The number of amides is 1. The van der Waals surface area contributed by atoms with Crippen molar-refractivity contribution in [2.24, 2.45) is 0 Å². The van der Waals surface area contributed by atoms with Gasteiger partial charge < -0.3 is 10.0 Å². The van der Waals surface area contributed by atoms with Gasteiger partial charge in [-0.15, -0.1) is 11.3 Å². The maximum absolute atomic E-state index is 12.5. The Labute approximate surface area is 125 Å². The predicted molar refractivity (Wildman–Crippen MR) is 78.7 cm³/mol. The van der Waals surface area contributed by atoms with Gasteiger partial charge >= 0.3 is 5.97 Å². The summed E-state index contributed by atoms with van der Waals surface area (Å²) in [7, 11) is 0. The van der Waals surface area contributed by atoms with Gasteiger partial charge in [0.25, 0.3) is 5.91 Å². The minimum Gasteiger partial charge on any atom is -0.478 e. The Bertz CT molecular complexity index is 723. The standard InChI is InChI=1S/C15H14N2O3S/c1-9-13(21-8-16-9)14(18)17-6-5-10-3-2-4-11(15(19)20)12(10)7-17/h2-4,8H,5-7H2,1H3,(H,19,20). The van der Waals surface area contributed by atoms with Crippen molar-refractivity contribution in [1.82, 2.24) is 9.88 Å². The maximum atomic E-state index is 12.5. The van der Waals surface area contributed by atoms with E-state index in [4.69, 9.17) is 0 Å². The van der Waals surface area contributed by atoms with Crippen molar-refractivity contribution in [3.05, 3.63) is 51.0 Å². The van der Waals surface area contributed by atoms with Crippen LogP contribution in [0.15, 0.2) is 23.7 Å². The Morgan fingerprint density at radius 2 is 2.19 bits per heavy atom. The third-order valence-corrected chi connectivity index (χ3v) is 4.65. The van der Waals surface area contributed by atoms with Crippen molar-refractivity contribution in [3.63, 3.8) is 0 Å². The lowest BCUT2D eigenvalue weighted by Crippen LogP contribution is -2.36. The van der Waals surface area contributed by atoms with E-state index < -0.39 is 5.97 Å². The summed E-state index contributed by atoms with van der Waals surface area (Å²) < 4.78 is 0. The van der Waals surface area contributed by atoms with E-state index in [1.165, 1.54) is 11.3 Å². The van der Waals surface area contributed by atoms with Crippen molar-refractivity contribution in [3.8, 4) is 0 Å². The van der Waals surface area contributed by atoms with E-state index in [0.29, 0.717) is 24.4 Å². The molecule has 0 saturated heterocycles. The lowest BCUT2D eigenvalue weighted by molar-refractivity contribution is 0.0678. The van der Waals surface area contributed by atoms with Gasteiger partial charge in [-0.25, -0.2) is 9.78 Å². The molecule has 0 aliphatic carbocycles. The largest absolute Gasteiger partial charge is 0.478 e. The number of nitrogens with zero attached hydrogens (tertiary/aromatic N) is 2. The molecule has 6 heteroatoms. The molecule has 0 fully saturated rings. The molecule has 1 amide bonds. The van der Waals surface area contributed by atoms with Crippen LogP contribution in [0.3, 0.4) is 0 Å². The van der Waals surface area contributed by atoms with E-state index in [-0.39, 0.29) is 11.5 Å². The Morgan fingerprint density at radius 1 is 1.38 bits per heavy atom. The van der Waals surface area contributed by atoms with Gasteiger partial charge in [0.05, 0.1) is 16.8 Å². The fourth-order valence-electron chi connectivity index (χ4n) is 2.61. The molecule has 2 aromatic rings. The first-order valence-corrected chi connectivity index (χ1v) is 7.49. The van der Waals surface area contributed by atoms with Crippen LogP contribution in [0.4, 0.5) is 0 Å². The van der Waals surface area contributed by atoms with Crippen LogP contribution in [0.25, 0.3) is 0 Å². The number of carboxylic acid groups (broad SMARTS) is 1. The summed E-state index contributed by atoms with van der Waals surface area (Å²) in [6.45, 7) is 2.75. The summed E-state index contributed by atoms with van der Waals surface area (Å²) in [4.78, 5) is 30.3. The highest BCUT2D eigenvalue weighted by atomic mass is 32.1. The van der Waals surface area contributed by atoms with Gasteiger partial charge in [0, 0.05) is 13.1 Å². The van der Waals surface area contributed by atoms with E-state index >= 15 is 0 Å². The van der Waals surface area contributed by atoms with Gasteiger partial charge in [0.2, 0.25) is 0 Å². The van der Waals surface area contributed by atoms with Crippen LogP contribution < -0.4 is 0 Å². The van der Waals surface area contributed by atoms with Gasteiger partial charge in [-0.05, 0) is 30.5 Å². The summed E-state index contributed by atoms with van der Waals surface area (Å²) in [5.41, 5.74) is 4.42. The van der Waals surface area contributed by atoms with Crippen LogP contribution in [-0.4, -0.2) is 33.4 Å². The lowest BCUT2D eigenvalue weighted by atomic mass is 9.95. The molecule has 1 aromatic carbocycles. The highest BCUT2D eigenvalue weighted by Crippen LogP contribution is 2.25. The number of thiazole rings is 1. The van der Waals surface area contributed by atoms with Crippen LogP contribution in [0.2, 0.25) is 0 Å². The second kappa shape index (κ2) is 5.29. The molecule has 0 atom stereocenters. The SMILES string of the molecule is Cc1ncsc1C(=O)N1CCc2cccc(C(=O)O)c2C1. The number of benzene rings is 1. The molecule has 21 heavy (non-hydrogen) atoms. The average molecular weight is 302 g/mol. The van der Waals surface area contributed by atoms with E-state index in [9.17, 15) is 14.7 Å². The zero-order valence-electron chi connectivity index (χ0n) is 11.5. The Balaban J connectivity index is 1.92. The summed E-state index contributed by atoms with van der Waals surface area (Å²) in [5, 5.41) is 9.28. The smallest absolute Gasteiger partial charge is 0.336 e. The molecule has 1 aliphatic rings. The number of fused-ring (bicyclic) bond motifs is 1. The first-order chi connectivity index (χ1) is 10.1. The molecule has 1 aromatic heterocycles. The number of carboxylic acids is 1. The summed E-state index contributed by atoms with van der Waals surface area (Å²) >= 11 is 1.32. The average Bonchev–Trinajstić information content (AvgIpc) is 2.91. The van der Waals surface area contributed by atoms with Crippen LogP contribution in [0.1, 0.15) is 36.9 Å². The normalized spacial score (nSPS) is 13.9. The Kier molecular flexibility index (Phi) is 3.47. The van der Waals surface area contributed by atoms with Gasteiger partial charge in [0.15, 0.2) is 0 Å². The monoisotopic (exact) mass is 302 g/mol. The molecule has 1 aliphatic heterocycles. The number of aromatic carboxylic acids is 1. The number of aromatic nitrogens is 1. The molecule has 5 nitrogen and oxygen atoms in total. The van der Waals surface area contributed by atoms with Crippen LogP contribution in [0, 0.1) is 6.92 Å².